The molecule has 7 nitrogen and oxygen atoms in total. The van der Waals surface area contributed by atoms with Crippen LogP contribution >= 0.6 is 0 Å². The van der Waals surface area contributed by atoms with Crippen LogP contribution in [0.5, 0.6) is 0 Å². The number of nitrogens with zero attached hydrogens (tertiary/aromatic N) is 5. The molecule has 0 spiro atoms. The van der Waals surface area contributed by atoms with Crippen LogP contribution in [0.15, 0.2) is 71.8 Å². The number of aryl methyl sites for hydroxylation is 1. The number of amides is 1. The molecule has 3 aromatic heterocycles. The number of pyridine rings is 1. The van der Waals surface area contributed by atoms with E-state index in [9.17, 15) is 4.79 Å². The fourth-order valence-corrected chi connectivity index (χ4v) is 4.06. The molecule has 5 rings (SSSR count). The molecule has 7 heteroatoms. The van der Waals surface area contributed by atoms with Crippen molar-refractivity contribution in [1.29, 1.82) is 0 Å². The second-order valence-corrected chi connectivity index (χ2v) is 7.54. The van der Waals surface area contributed by atoms with Crippen molar-refractivity contribution >= 4 is 5.91 Å². The first kappa shape index (κ1) is 18.3. The lowest BCUT2D eigenvalue weighted by Crippen LogP contribution is -2.39. The van der Waals surface area contributed by atoms with Crippen LogP contribution in [0.4, 0.5) is 0 Å². The first-order chi connectivity index (χ1) is 14.7. The van der Waals surface area contributed by atoms with E-state index in [0.717, 1.165) is 17.0 Å². The van der Waals surface area contributed by atoms with Gasteiger partial charge in [-0.05, 0) is 29.7 Å². The van der Waals surface area contributed by atoms with Crippen LogP contribution in [0.1, 0.15) is 44.7 Å². The molecular formula is C23H21N5O2. The lowest BCUT2D eigenvalue weighted by Gasteiger charge is -2.34. The molecule has 4 heterocycles. The van der Waals surface area contributed by atoms with E-state index in [-0.39, 0.29) is 17.6 Å². The number of benzene rings is 1. The monoisotopic (exact) mass is 399 g/mol. The Balaban J connectivity index is 1.50. The van der Waals surface area contributed by atoms with Crippen LogP contribution in [0, 0.1) is 6.92 Å². The standard InChI is InChI=1S/C23H21N5O2/c1-16-11-21(30-26-16)23(29)28-14-18-6-2-3-7-19(18)20(15-28)22-25-9-10-27(22)13-17-5-4-8-24-12-17/h2-12,20H,13-15H2,1H3/t20-/m0/s1. The lowest BCUT2D eigenvalue weighted by atomic mass is 9.88. The predicted octanol–water partition coefficient (Wildman–Crippen LogP) is 3.41. The minimum absolute atomic E-state index is 0.0328. The molecule has 0 radical (unpaired) electrons. The number of hydrogen-bond donors (Lipinski definition) is 0. The Morgan fingerprint density at radius 3 is 2.90 bits per heavy atom. The normalized spacial score (nSPS) is 15.8. The van der Waals surface area contributed by atoms with Crippen LogP contribution in [0.3, 0.4) is 0 Å². The Labute approximate surface area is 174 Å². The van der Waals surface area contributed by atoms with Crippen molar-refractivity contribution < 1.29 is 9.32 Å². The second kappa shape index (κ2) is 7.59. The van der Waals surface area contributed by atoms with Gasteiger partial charge in [0.15, 0.2) is 0 Å². The number of carbonyl (C=O) groups excluding carboxylic acids is 1. The molecule has 0 fully saturated rings. The number of aromatic nitrogens is 4. The van der Waals surface area contributed by atoms with Crippen LogP contribution in [0.25, 0.3) is 0 Å². The van der Waals surface area contributed by atoms with Crippen molar-refractivity contribution in [2.45, 2.75) is 25.9 Å². The smallest absolute Gasteiger partial charge is 0.292 e. The van der Waals surface area contributed by atoms with Gasteiger partial charge in [0.25, 0.3) is 5.91 Å². The number of imidazole rings is 1. The van der Waals surface area contributed by atoms with Gasteiger partial charge >= 0.3 is 0 Å². The molecule has 1 atom stereocenters. The van der Waals surface area contributed by atoms with Crippen molar-refractivity contribution in [1.82, 2.24) is 24.6 Å². The van der Waals surface area contributed by atoms with E-state index in [1.54, 1.807) is 12.3 Å². The second-order valence-electron chi connectivity index (χ2n) is 7.54. The van der Waals surface area contributed by atoms with Crippen molar-refractivity contribution in [3.05, 3.63) is 101 Å². The zero-order chi connectivity index (χ0) is 20.5. The minimum Gasteiger partial charge on any atom is -0.351 e. The van der Waals surface area contributed by atoms with E-state index in [1.807, 2.05) is 54.7 Å². The van der Waals surface area contributed by atoms with Crippen molar-refractivity contribution in [3.8, 4) is 0 Å². The third-order valence-corrected chi connectivity index (χ3v) is 5.46. The van der Waals surface area contributed by atoms with Gasteiger partial charge in [-0.2, -0.15) is 0 Å². The van der Waals surface area contributed by atoms with E-state index < -0.39 is 0 Å². The fraction of sp³-hybridized carbons (Fsp3) is 0.217. The maximum atomic E-state index is 13.1. The van der Waals surface area contributed by atoms with Crippen LogP contribution in [0.2, 0.25) is 0 Å². The summed E-state index contributed by atoms with van der Waals surface area (Å²) in [6.45, 7) is 3.55. The zero-order valence-electron chi connectivity index (χ0n) is 16.6. The zero-order valence-corrected chi connectivity index (χ0v) is 16.6. The Bertz CT molecular complexity index is 1180. The highest BCUT2D eigenvalue weighted by molar-refractivity contribution is 5.91. The van der Waals surface area contributed by atoms with Crippen LogP contribution in [-0.4, -0.2) is 37.0 Å². The Morgan fingerprint density at radius 2 is 2.10 bits per heavy atom. The molecular weight excluding hydrogens is 378 g/mol. The molecule has 0 unspecified atom stereocenters. The van der Waals surface area contributed by atoms with Gasteiger partial charge in [-0.1, -0.05) is 35.5 Å². The van der Waals surface area contributed by atoms with Crippen molar-refractivity contribution in [2.24, 2.45) is 0 Å². The van der Waals surface area contributed by atoms with Gasteiger partial charge in [-0.3, -0.25) is 9.78 Å². The SMILES string of the molecule is Cc1cc(C(=O)N2Cc3ccccc3[C@@H](c3nccn3Cc3cccnc3)C2)on1. The summed E-state index contributed by atoms with van der Waals surface area (Å²) in [5.74, 6) is 1.01. The minimum atomic E-state index is -0.152. The number of rotatable bonds is 4. The lowest BCUT2D eigenvalue weighted by molar-refractivity contribution is 0.0680. The summed E-state index contributed by atoms with van der Waals surface area (Å²) in [5, 5.41) is 3.86. The molecule has 4 aromatic rings. The van der Waals surface area contributed by atoms with E-state index >= 15 is 0 Å². The topological polar surface area (TPSA) is 77.0 Å². The maximum Gasteiger partial charge on any atom is 0.292 e. The van der Waals surface area contributed by atoms with Gasteiger partial charge in [-0.25, -0.2) is 4.98 Å². The molecule has 1 aromatic carbocycles. The van der Waals surface area contributed by atoms with Gasteiger partial charge in [-0.15, -0.1) is 0 Å². The highest BCUT2D eigenvalue weighted by Crippen LogP contribution is 2.33. The molecule has 0 saturated carbocycles. The van der Waals surface area contributed by atoms with E-state index in [1.165, 1.54) is 5.56 Å². The summed E-state index contributed by atoms with van der Waals surface area (Å²) in [5.41, 5.74) is 4.12. The molecule has 0 saturated heterocycles. The van der Waals surface area contributed by atoms with E-state index in [4.69, 9.17) is 4.52 Å². The van der Waals surface area contributed by atoms with Gasteiger partial charge in [0, 0.05) is 43.9 Å². The number of hydrogen-bond acceptors (Lipinski definition) is 5. The van der Waals surface area contributed by atoms with Gasteiger partial charge in [0.2, 0.25) is 5.76 Å². The molecule has 1 amide bonds. The van der Waals surface area contributed by atoms with Crippen LogP contribution in [-0.2, 0) is 13.1 Å². The van der Waals surface area contributed by atoms with Crippen LogP contribution < -0.4 is 0 Å². The predicted molar refractivity (Wildman–Crippen MR) is 110 cm³/mol. The van der Waals surface area contributed by atoms with Crippen molar-refractivity contribution in [3.63, 3.8) is 0 Å². The molecule has 1 aliphatic rings. The Morgan fingerprint density at radius 1 is 1.20 bits per heavy atom. The number of fused-ring (bicyclic) bond motifs is 1. The van der Waals surface area contributed by atoms with Crippen molar-refractivity contribution in [2.75, 3.05) is 6.54 Å². The van der Waals surface area contributed by atoms with E-state index in [2.05, 4.69) is 31.8 Å². The highest BCUT2D eigenvalue weighted by atomic mass is 16.5. The third kappa shape index (κ3) is 3.39. The maximum absolute atomic E-state index is 13.1. The van der Waals surface area contributed by atoms with Gasteiger partial charge < -0.3 is 14.0 Å². The average molecular weight is 399 g/mol. The summed E-state index contributed by atoms with van der Waals surface area (Å²) in [6, 6.07) is 13.9. The molecule has 0 bridgehead atoms. The summed E-state index contributed by atoms with van der Waals surface area (Å²) in [4.78, 5) is 23.8. The first-order valence-electron chi connectivity index (χ1n) is 9.89. The Hall–Kier alpha value is -3.74. The summed E-state index contributed by atoms with van der Waals surface area (Å²) in [6.07, 6.45) is 7.42. The van der Waals surface area contributed by atoms with E-state index in [0.29, 0.717) is 25.3 Å². The highest BCUT2D eigenvalue weighted by Gasteiger charge is 2.33. The average Bonchev–Trinajstić information content (AvgIpc) is 3.42. The summed E-state index contributed by atoms with van der Waals surface area (Å²) >= 11 is 0. The first-order valence-corrected chi connectivity index (χ1v) is 9.89. The quantitative estimate of drug-likeness (QED) is 0.526. The summed E-state index contributed by atoms with van der Waals surface area (Å²) < 4.78 is 7.36. The molecule has 0 N–H and O–H groups in total. The third-order valence-electron chi connectivity index (χ3n) is 5.46. The van der Waals surface area contributed by atoms with Gasteiger partial charge in [0.1, 0.15) is 5.82 Å². The fourth-order valence-electron chi connectivity index (χ4n) is 4.06. The molecule has 30 heavy (non-hydrogen) atoms. The molecule has 150 valence electrons. The molecule has 1 aliphatic heterocycles. The number of carbonyl (C=O) groups is 1. The summed E-state index contributed by atoms with van der Waals surface area (Å²) in [7, 11) is 0. The largest absolute Gasteiger partial charge is 0.351 e. The Kier molecular flexibility index (Phi) is 4.63. The van der Waals surface area contributed by atoms with Gasteiger partial charge in [0.05, 0.1) is 18.2 Å². The molecule has 0 aliphatic carbocycles.